The maximum atomic E-state index is 12.7. The van der Waals surface area contributed by atoms with E-state index < -0.39 is 65.8 Å². The molecular weight excluding hydrogens is 1210 g/mol. The highest BCUT2D eigenvalue weighted by atomic mass is 32.2. The average molecular weight is 1280 g/mol. The molecule has 462 valence electrons. The molecule has 0 saturated heterocycles. The average Bonchev–Trinajstić information content (AvgIpc) is 1.03. The van der Waals surface area contributed by atoms with E-state index in [1.54, 1.807) is 78.5 Å². The molecule has 6 amide bonds. The predicted octanol–water partition coefficient (Wildman–Crippen LogP) is 9.95. The number of Topliss-reactive ketones (excluding diaryl/α,β-unsaturated/α-hetero) is 1. The van der Waals surface area contributed by atoms with Crippen LogP contribution < -0.4 is 0 Å². The molecular formula is C64H65N3O17S4. The number of hydrogen-bond donors (Lipinski definition) is 0. The van der Waals surface area contributed by atoms with Crippen LogP contribution in [-0.4, -0.2) is 125 Å². The zero-order valence-electron chi connectivity index (χ0n) is 48.5. The molecule has 9 rings (SSSR count). The van der Waals surface area contributed by atoms with E-state index in [2.05, 4.69) is 69.1 Å². The van der Waals surface area contributed by atoms with Crippen LogP contribution in [0.1, 0.15) is 171 Å². The van der Waals surface area contributed by atoms with Crippen molar-refractivity contribution < 1.29 is 76.4 Å². The third-order valence-corrected chi connectivity index (χ3v) is 15.3. The first kappa shape index (κ1) is 69.0. The van der Waals surface area contributed by atoms with Gasteiger partial charge in [0.2, 0.25) is 5.78 Å². The predicted molar refractivity (Wildman–Crippen MR) is 335 cm³/mol. The van der Waals surface area contributed by atoms with E-state index in [0.29, 0.717) is 67.3 Å². The smallest absolute Gasteiger partial charge is 0.286 e. The lowest BCUT2D eigenvalue weighted by Gasteiger charge is -2.25. The first-order valence-corrected chi connectivity index (χ1v) is 34.2. The summed E-state index contributed by atoms with van der Waals surface area (Å²) in [5, 5.41) is 3.95. The molecule has 3 heterocycles. The van der Waals surface area contributed by atoms with Crippen molar-refractivity contribution in [2.45, 2.75) is 92.4 Å². The molecule has 0 atom stereocenters. The maximum Gasteiger partial charge on any atom is 0.286 e. The summed E-state index contributed by atoms with van der Waals surface area (Å²) in [7, 11) is -12.2. The monoisotopic (exact) mass is 1280 g/mol. The Morgan fingerprint density at radius 3 is 1.20 bits per heavy atom. The van der Waals surface area contributed by atoms with E-state index in [4.69, 9.17) is 4.74 Å². The lowest BCUT2D eigenvalue weighted by Crippen LogP contribution is -2.41. The van der Waals surface area contributed by atoms with Crippen molar-refractivity contribution in [1.82, 2.24) is 15.2 Å². The summed E-state index contributed by atoms with van der Waals surface area (Å²) in [5.74, 6) is 14.3. The number of hydrogen-bond acceptors (Lipinski definition) is 18. The van der Waals surface area contributed by atoms with Gasteiger partial charge in [-0.1, -0.05) is 133 Å². The number of benzene rings is 6. The fourth-order valence-corrected chi connectivity index (χ4v) is 11.2. The molecule has 6 aromatic carbocycles. The molecule has 20 nitrogen and oxygen atoms in total. The molecule has 3 aliphatic heterocycles. The summed E-state index contributed by atoms with van der Waals surface area (Å²) in [6, 6.07) is 24.2. The molecule has 0 radical (unpaired) electrons. The zero-order valence-corrected chi connectivity index (χ0v) is 51.7. The fourth-order valence-electron chi connectivity index (χ4n) is 9.28. The summed E-state index contributed by atoms with van der Waals surface area (Å²) < 4.78 is 87.8. The number of rotatable bonds is 20. The van der Waals surface area contributed by atoms with Crippen LogP contribution in [-0.2, 0) is 52.7 Å². The second-order valence-corrected chi connectivity index (χ2v) is 25.7. The van der Waals surface area contributed by atoms with Crippen molar-refractivity contribution in [1.29, 1.82) is 0 Å². The van der Waals surface area contributed by atoms with Gasteiger partial charge in [-0.15, -0.1) is 39.8 Å². The quantitative estimate of drug-likeness (QED) is 0.0391. The Kier molecular flexibility index (Phi) is 24.1. The Bertz CT molecular complexity index is 4250. The molecule has 0 saturated carbocycles. The van der Waals surface area contributed by atoms with Gasteiger partial charge in [-0.3, -0.25) is 33.6 Å². The van der Waals surface area contributed by atoms with Crippen LogP contribution in [0.3, 0.4) is 0 Å². The number of thioether (sulfide) groups is 1. The van der Waals surface area contributed by atoms with Crippen molar-refractivity contribution in [3.63, 3.8) is 0 Å². The second-order valence-electron chi connectivity index (χ2n) is 20.0. The van der Waals surface area contributed by atoms with E-state index in [1.807, 2.05) is 0 Å². The molecule has 24 heteroatoms. The number of carbonyl (C=O) groups is 7. The van der Waals surface area contributed by atoms with Crippen molar-refractivity contribution in [3.8, 4) is 35.5 Å². The Balaban J connectivity index is 0.000000210. The summed E-state index contributed by atoms with van der Waals surface area (Å²) in [6.45, 7) is 7.26. The normalized spacial score (nSPS) is 13.3. The molecule has 0 bridgehead atoms. The molecule has 0 fully saturated rings. The second kappa shape index (κ2) is 30.7. The summed E-state index contributed by atoms with van der Waals surface area (Å²) in [4.78, 5) is 87.8. The number of carbonyl (C=O) groups excluding carboxylic acids is 7. The molecule has 0 spiro atoms. The molecule has 88 heavy (non-hydrogen) atoms. The topological polar surface area (TPSA) is 269 Å². The number of nitrogens with zero attached hydrogens (tertiary/aromatic N) is 3. The number of unbranched alkanes of at least 4 members (excludes halogenated alkanes) is 6. The molecule has 0 aromatic heterocycles. The van der Waals surface area contributed by atoms with Crippen LogP contribution in [0.25, 0.3) is 32.3 Å². The van der Waals surface area contributed by atoms with Crippen LogP contribution in [0, 0.1) is 35.5 Å². The molecule has 0 unspecified atom stereocenters. The highest BCUT2D eigenvalue weighted by Gasteiger charge is 2.39. The maximum absolute atomic E-state index is 12.7. The van der Waals surface area contributed by atoms with Gasteiger partial charge >= 0.3 is 0 Å². The minimum Gasteiger partial charge on any atom is -0.369 e. The molecule has 6 aromatic rings. The number of ketones is 1. The van der Waals surface area contributed by atoms with Crippen LogP contribution in [0.15, 0.2) is 91.0 Å². The first-order chi connectivity index (χ1) is 41.4. The van der Waals surface area contributed by atoms with Gasteiger partial charge in [0, 0.05) is 45.9 Å². The van der Waals surface area contributed by atoms with E-state index in [-0.39, 0.29) is 63.3 Å². The third-order valence-electron chi connectivity index (χ3n) is 13.2. The van der Waals surface area contributed by atoms with Crippen LogP contribution in [0.5, 0.6) is 0 Å². The minimum absolute atomic E-state index is 0. The third kappa shape index (κ3) is 17.2. The Morgan fingerprint density at radius 1 is 0.455 bits per heavy atom. The largest absolute Gasteiger partial charge is 0.369 e. The van der Waals surface area contributed by atoms with Crippen molar-refractivity contribution >= 4 is 116 Å². The number of imide groups is 3. The lowest BCUT2D eigenvalue weighted by atomic mass is 9.92. The van der Waals surface area contributed by atoms with Gasteiger partial charge in [-0.25, -0.2) is 0 Å². The van der Waals surface area contributed by atoms with Crippen LogP contribution >= 0.6 is 11.8 Å². The van der Waals surface area contributed by atoms with Gasteiger partial charge in [-0.2, -0.15) is 25.3 Å². The highest BCUT2D eigenvalue weighted by molar-refractivity contribution is 7.99. The van der Waals surface area contributed by atoms with Gasteiger partial charge in [0.1, 0.15) is 6.61 Å². The van der Waals surface area contributed by atoms with Gasteiger partial charge in [-0.05, 0) is 102 Å². The minimum atomic E-state index is -4.07. The van der Waals surface area contributed by atoms with Gasteiger partial charge in [0.05, 0.1) is 57.9 Å². The van der Waals surface area contributed by atoms with Crippen molar-refractivity contribution in [2.75, 3.05) is 43.5 Å². The van der Waals surface area contributed by atoms with Gasteiger partial charge in [0.15, 0.2) is 0 Å². The van der Waals surface area contributed by atoms with Crippen molar-refractivity contribution in [2.24, 2.45) is 0 Å². The molecule has 0 N–H and O–H groups in total. The Morgan fingerprint density at radius 2 is 0.818 bits per heavy atom. The van der Waals surface area contributed by atoms with E-state index in [0.717, 1.165) is 62.2 Å². The van der Waals surface area contributed by atoms with E-state index >= 15 is 0 Å². The Hall–Kier alpha value is -8.09. The summed E-state index contributed by atoms with van der Waals surface area (Å²) >= 11 is 1.79. The SMILES string of the molecule is C.CCCCCC(=O)C#Cc1ccc2c3c(cccc13)C(=O)N(OS(C)(=O)=O)C2=O.CCCCCCSCC#Cc1ccc2c3c(cccc13)C(=O)N(OS(C)(=O)=O)C2=O.CCCCOCC#Cc1ccc2c3c(cccc13)C(=O)N(OS(C)(=O)=O)C2=O. The number of ether oxygens (including phenoxy) is 1. The van der Waals surface area contributed by atoms with Crippen molar-refractivity contribution in [3.05, 3.63) is 141 Å². The number of hydroxylamine groups is 6. The number of amides is 6. The summed E-state index contributed by atoms with van der Waals surface area (Å²) in [6.07, 6.45) is 12.4. The lowest BCUT2D eigenvalue weighted by molar-refractivity contribution is -0.113. The van der Waals surface area contributed by atoms with Gasteiger partial charge in [0.25, 0.3) is 65.8 Å². The van der Waals surface area contributed by atoms with Crippen LogP contribution in [0.2, 0.25) is 0 Å². The molecule has 0 aliphatic carbocycles. The fraction of sp³-hybridized carbons (Fsp3) is 0.328. The molecule has 3 aliphatic rings. The standard InChI is InChI=1S/C22H23NO5S2.C21H19NO6S.C20H19NO6S.CH4/c1-3-4-5-6-14-29-15-8-9-16-12-13-19-20-17(16)10-7-11-18(20)21(24)23(22(19)25)28-30(2,26)27;1-3-4-5-7-15(23)12-10-14-11-13-18-19-16(14)8-6-9-17(19)20(24)22(21(18)25)28-29(2,26)27;1-3-4-12-26-13-6-7-14-10-11-17-18-15(14)8-5-9-16(18)19(22)21(20(17)23)27-28(2,24)25;/h7,10-13H,3-6,14-15H2,1-2H3;6,8-9,11,13H,3-5,7H2,1-2H3;5,8-11H,3-4,12-13H2,1-2H3;1H4. The Labute approximate surface area is 516 Å². The zero-order chi connectivity index (χ0) is 63.2. The van der Waals surface area contributed by atoms with Gasteiger partial charge < -0.3 is 4.74 Å². The van der Waals surface area contributed by atoms with Crippen LogP contribution in [0.4, 0.5) is 0 Å². The van der Waals surface area contributed by atoms with E-state index in [9.17, 15) is 58.8 Å². The van der Waals surface area contributed by atoms with E-state index in [1.165, 1.54) is 49.9 Å². The highest BCUT2D eigenvalue weighted by Crippen LogP contribution is 2.36. The summed E-state index contributed by atoms with van der Waals surface area (Å²) in [5.41, 5.74) is 2.90. The first-order valence-electron chi connectivity index (χ1n) is 27.6.